The fraction of sp³-hybridized carbons (Fsp3) is 0.750. The first-order chi connectivity index (χ1) is 9.06. The van der Waals surface area contributed by atoms with E-state index in [-0.39, 0.29) is 0 Å². The van der Waals surface area contributed by atoms with E-state index in [1.165, 1.54) is 18.4 Å². The highest BCUT2D eigenvalue weighted by atomic mass is 16.1. The molecule has 0 bridgehead atoms. The van der Waals surface area contributed by atoms with Crippen molar-refractivity contribution in [3.8, 4) is 0 Å². The molecule has 0 amide bonds. The van der Waals surface area contributed by atoms with Crippen molar-refractivity contribution in [3.63, 3.8) is 0 Å². The molecule has 0 radical (unpaired) electrons. The van der Waals surface area contributed by atoms with Crippen molar-refractivity contribution >= 4 is 5.78 Å². The zero-order chi connectivity index (χ0) is 13.8. The van der Waals surface area contributed by atoms with Crippen LogP contribution in [0.4, 0.5) is 0 Å². The maximum atomic E-state index is 12.2. The Morgan fingerprint density at radius 1 is 1.37 bits per heavy atom. The predicted molar refractivity (Wildman–Crippen MR) is 76.8 cm³/mol. The van der Waals surface area contributed by atoms with Crippen LogP contribution in [0.1, 0.15) is 51.5 Å². The normalized spacial score (nSPS) is 23.8. The van der Waals surface area contributed by atoms with Gasteiger partial charge >= 0.3 is 0 Å². The lowest BCUT2D eigenvalue weighted by Gasteiger charge is -2.30. The van der Waals surface area contributed by atoms with E-state index in [1.807, 2.05) is 19.4 Å². The Labute approximate surface area is 116 Å². The van der Waals surface area contributed by atoms with Gasteiger partial charge in [0.1, 0.15) is 5.78 Å². The molecule has 1 saturated carbocycles. The number of carbonyl (C=O) groups is 1. The smallest absolute Gasteiger partial charge is 0.136 e. The second kappa shape index (κ2) is 6.36. The van der Waals surface area contributed by atoms with Crippen molar-refractivity contribution < 1.29 is 4.79 Å². The largest absolute Gasteiger partial charge is 0.299 e. The zero-order valence-corrected chi connectivity index (χ0v) is 12.4. The molecule has 0 unspecified atom stereocenters. The Kier molecular flexibility index (Phi) is 4.78. The highest BCUT2D eigenvalue weighted by Crippen LogP contribution is 2.34. The van der Waals surface area contributed by atoms with E-state index >= 15 is 0 Å². The van der Waals surface area contributed by atoms with Crippen LogP contribution in [-0.2, 0) is 18.3 Å². The first kappa shape index (κ1) is 14.3. The van der Waals surface area contributed by atoms with Gasteiger partial charge in [0.2, 0.25) is 0 Å². The van der Waals surface area contributed by atoms with Crippen molar-refractivity contribution in [1.29, 1.82) is 0 Å². The number of aromatic nitrogens is 2. The molecule has 3 heteroatoms. The molecule has 0 saturated heterocycles. The summed E-state index contributed by atoms with van der Waals surface area (Å²) in [5.74, 6) is 2.39. The Morgan fingerprint density at radius 3 is 2.58 bits per heavy atom. The van der Waals surface area contributed by atoms with Crippen molar-refractivity contribution in [1.82, 2.24) is 9.78 Å². The topological polar surface area (TPSA) is 34.9 Å². The van der Waals surface area contributed by atoms with Crippen LogP contribution in [0.25, 0.3) is 0 Å². The zero-order valence-electron chi connectivity index (χ0n) is 12.4. The number of nitrogens with zero attached hydrogens (tertiary/aromatic N) is 2. The molecule has 0 spiro atoms. The van der Waals surface area contributed by atoms with E-state index in [0.29, 0.717) is 18.1 Å². The molecular formula is C16H26N2O. The number of ketones is 1. The van der Waals surface area contributed by atoms with Gasteiger partial charge in [-0.1, -0.05) is 13.8 Å². The third-order valence-corrected chi connectivity index (χ3v) is 4.59. The lowest BCUT2D eigenvalue weighted by molar-refractivity contribution is -0.124. The van der Waals surface area contributed by atoms with Gasteiger partial charge in [0.15, 0.2) is 0 Å². The number of Topliss-reactive ketones (excluding diaryl/α,β-unsaturated/α-hetero) is 1. The monoisotopic (exact) mass is 262 g/mol. The van der Waals surface area contributed by atoms with Gasteiger partial charge in [0, 0.05) is 25.6 Å². The van der Waals surface area contributed by atoms with Crippen molar-refractivity contribution in [2.75, 3.05) is 0 Å². The number of hydrogen-bond acceptors (Lipinski definition) is 2. The number of rotatable bonds is 5. The Morgan fingerprint density at radius 2 is 2.05 bits per heavy atom. The molecule has 1 aromatic heterocycles. The van der Waals surface area contributed by atoms with Crippen LogP contribution in [0.15, 0.2) is 12.4 Å². The van der Waals surface area contributed by atoms with Gasteiger partial charge < -0.3 is 0 Å². The van der Waals surface area contributed by atoms with Crippen molar-refractivity contribution in [2.24, 2.45) is 24.8 Å². The molecule has 0 aromatic carbocycles. The van der Waals surface area contributed by atoms with Gasteiger partial charge in [-0.15, -0.1) is 0 Å². The van der Waals surface area contributed by atoms with Gasteiger partial charge in [-0.3, -0.25) is 9.48 Å². The van der Waals surface area contributed by atoms with Gasteiger partial charge in [-0.05, 0) is 49.5 Å². The highest BCUT2D eigenvalue weighted by Gasteiger charge is 2.27. The fourth-order valence-electron chi connectivity index (χ4n) is 3.18. The Bertz CT molecular complexity index is 414. The van der Waals surface area contributed by atoms with E-state index in [9.17, 15) is 4.79 Å². The minimum absolute atomic E-state index is 0.326. The molecule has 0 aliphatic heterocycles. The number of hydrogen-bond donors (Lipinski definition) is 0. The summed E-state index contributed by atoms with van der Waals surface area (Å²) >= 11 is 0. The molecule has 19 heavy (non-hydrogen) atoms. The summed E-state index contributed by atoms with van der Waals surface area (Å²) in [5, 5.41) is 4.14. The summed E-state index contributed by atoms with van der Waals surface area (Å²) in [4.78, 5) is 12.2. The standard InChI is InChI=1S/C16H26N2O/c1-12(2)14-5-7-15(8-6-14)16(19)9-4-13-10-17-18(3)11-13/h10-12,14-15H,4-9H2,1-3H3. The maximum absolute atomic E-state index is 12.2. The van der Waals surface area contributed by atoms with Gasteiger partial charge in [0.05, 0.1) is 6.20 Å². The molecule has 1 aliphatic rings. The summed E-state index contributed by atoms with van der Waals surface area (Å²) in [6.45, 7) is 4.60. The number of carbonyl (C=O) groups excluding carboxylic acids is 1. The summed E-state index contributed by atoms with van der Waals surface area (Å²) in [6.07, 6.45) is 10.1. The van der Waals surface area contributed by atoms with Crippen molar-refractivity contribution in [3.05, 3.63) is 18.0 Å². The van der Waals surface area contributed by atoms with Crippen LogP contribution >= 0.6 is 0 Å². The first-order valence-electron chi connectivity index (χ1n) is 7.56. The third-order valence-electron chi connectivity index (χ3n) is 4.59. The lowest BCUT2D eigenvalue weighted by Crippen LogP contribution is -2.24. The van der Waals surface area contributed by atoms with Crippen molar-refractivity contribution in [2.45, 2.75) is 52.4 Å². The maximum Gasteiger partial charge on any atom is 0.136 e. The summed E-state index contributed by atoms with van der Waals surface area (Å²) in [6, 6.07) is 0. The van der Waals surface area contributed by atoms with E-state index < -0.39 is 0 Å². The van der Waals surface area contributed by atoms with Crippen LogP contribution in [0, 0.1) is 17.8 Å². The SMILES string of the molecule is CC(C)C1CCC(C(=O)CCc2cnn(C)c2)CC1. The van der Waals surface area contributed by atoms with E-state index in [2.05, 4.69) is 18.9 Å². The Hall–Kier alpha value is -1.12. The van der Waals surface area contributed by atoms with Gasteiger partial charge in [-0.25, -0.2) is 0 Å². The highest BCUT2D eigenvalue weighted by molar-refractivity contribution is 5.81. The lowest BCUT2D eigenvalue weighted by atomic mass is 9.75. The molecule has 1 aliphatic carbocycles. The third kappa shape index (κ3) is 3.92. The van der Waals surface area contributed by atoms with Crippen LogP contribution in [0.3, 0.4) is 0 Å². The molecule has 1 aromatic rings. The molecule has 1 fully saturated rings. The van der Waals surface area contributed by atoms with Crippen LogP contribution < -0.4 is 0 Å². The van der Waals surface area contributed by atoms with Crippen LogP contribution in [0.5, 0.6) is 0 Å². The van der Waals surface area contributed by atoms with E-state index in [0.717, 1.165) is 31.1 Å². The molecule has 0 atom stereocenters. The minimum atomic E-state index is 0.326. The Balaban J connectivity index is 1.75. The first-order valence-corrected chi connectivity index (χ1v) is 7.56. The second-order valence-corrected chi connectivity index (χ2v) is 6.34. The summed E-state index contributed by atoms with van der Waals surface area (Å²) in [5.41, 5.74) is 1.17. The molecule has 0 N–H and O–H groups in total. The average molecular weight is 262 g/mol. The van der Waals surface area contributed by atoms with Gasteiger partial charge in [0.25, 0.3) is 0 Å². The van der Waals surface area contributed by atoms with Crippen LogP contribution in [0.2, 0.25) is 0 Å². The summed E-state index contributed by atoms with van der Waals surface area (Å²) < 4.78 is 1.80. The molecular weight excluding hydrogens is 236 g/mol. The average Bonchev–Trinajstić information content (AvgIpc) is 2.82. The minimum Gasteiger partial charge on any atom is -0.299 e. The fourth-order valence-corrected chi connectivity index (χ4v) is 3.18. The predicted octanol–water partition coefficient (Wildman–Crippen LogP) is 3.38. The van der Waals surface area contributed by atoms with E-state index in [1.54, 1.807) is 4.68 Å². The second-order valence-electron chi connectivity index (χ2n) is 6.34. The van der Waals surface area contributed by atoms with Gasteiger partial charge in [-0.2, -0.15) is 5.10 Å². The molecule has 2 rings (SSSR count). The molecule has 3 nitrogen and oxygen atoms in total. The number of aryl methyl sites for hydroxylation is 2. The van der Waals surface area contributed by atoms with Crippen LogP contribution in [-0.4, -0.2) is 15.6 Å². The summed E-state index contributed by atoms with van der Waals surface area (Å²) in [7, 11) is 1.92. The quantitative estimate of drug-likeness (QED) is 0.815. The van der Waals surface area contributed by atoms with E-state index in [4.69, 9.17) is 0 Å². The molecule has 1 heterocycles. The molecule has 106 valence electrons.